The van der Waals surface area contributed by atoms with Crippen LogP contribution in [0.25, 0.3) is 0 Å². The summed E-state index contributed by atoms with van der Waals surface area (Å²) in [4.78, 5) is 26.6. The maximum absolute atomic E-state index is 11.9. The van der Waals surface area contributed by atoms with E-state index in [-0.39, 0.29) is 12.0 Å². The number of methoxy groups -OCH3 is 1. The molecule has 0 aromatic heterocycles. The van der Waals surface area contributed by atoms with E-state index in [2.05, 4.69) is 10.1 Å². The lowest BCUT2D eigenvalue weighted by Crippen LogP contribution is -2.50. The van der Waals surface area contributed by atoms with Crippen LogP contribution in [0.15, 0.2) is 0 Å². The standard InChI is InChI=1S/C12H21N3O3/c1-18-12(17)15-8-6-14(7-9-15)11(16)4-5-13-10-2-3-10/h10,13H,2-9H2,1H3. The smallest absolute Gasteiger partial charge is 0.409 e. The molecule has 6 nitrogen and oxygen atoms in total. The number of amides is 2. The molecule has 2 amide bonds. The third-order valence-electron chi connectivity index (χ3n) is 3.41. The van der Waals surface area contributed by atoms with Crippen LogP contribution in [-0.2, 0) is 9.53 Å². The summed E-state index contributed by atoms with van der Waals surface area (Å²) < 4.78 is 4.66. The Morgan fingerprint density at radius 1 is 1.17 bits per heavy atom. The fraction of sp³-hybridized carbons (Fsp3) is 0.833. The molecule has 2 aliphatic rings. The molecule has 0 aromatic carbocycles. The lowest BCUT2D eigenvalue weighted by Gasteiger charge is -2.33. The molecule has 1 aliphatic carbocycles. The summed E-state index contributed by atoms with van der Waals surface area (Å²) in [6.07, 6.45) is 2.73. The van der Waals surface area contributed by atoms with Crippen molar-refractivity contribution < 1.29 is 14.3 Å². The zero-order valence-corrected chi connectivity index (χ0v) is 10.9. The number of hydrogen-bond acceptors (Lipinski definition) is 4. The van der Waals surface area contributed by atoms with Crippen LogP contribution < -0.4 is 5.32 Å². The molecule has 1 N–H and O–H groups in total. The third-order valence-corrected chi connectivity index (χ3v) is 3.41. The lowest BCUT2D eigenvalue weighted by molar-refractivity contribution is -0.132. The van der Waals surface area contributed by atoms with Crippen LogP contribution in [0.4, 0.5) is 4.79 Å². The zero-order valence-electron chi connectivity index (χ0n) is 10.9. The fourth-order valence-electron chi connectivity index (χ4n) is 2.10. The van der Waals surface area contributed by atoms with Gasteiger partial charge in [0.25, 0.3) is 0 Å². The minimum absolute atomic E-state index is 0.174. The topological polar surface area (TPSA) is 61.9 Å². The Bertz CT molecular complexity index is 310. The average molecular weight is 255 g/mol. The lowest BCUT2D eigenvalue weighted by atomic mass is 10.3. The minimum atomic E-state index is -0.308. The van der Waals surface area contributed by atoms with Gasteiger partial charge in [-0.25, -0.2) is 4.79 Å². The summed E-state index contributed by atoms with van der Waals surface area (Å²) in [5.74, 6) is 0.174. The van der Waals surface area contributed by atoms with Crippen LogP contribution in [0, 0.1) is 0 Å². The van der Waals surface area contributed by atoms with Gasteiger partial charge < -0.3 is 19.9 Å². The number of hydrogen-bond donors (Lipinski definition) is 1. The van der Waals surface area contributed by atoms with Crippen LogP contribution in [0.5, 0.6) is 0 Å². The van der Waals surface area contributed by atoms with Gasteiger partial charge in [0.2, 0.25) is 5.91 Å². The van der Waals surface area contributed by atoms with Crippen LogP contribution in [0.3, 0.4) is 0 Å². The number of carbonyl (C=O) groups excluding carboxylic acids is 2. The van der Waals surface area contributed by atoms with E-state index in [1.54, 1.807) is 4.90 Å². The highest BCUT2D eigenvalue weighted by Gasteiger charge is 2.25. The monoisotopic (exact) mass is 255 g/mol. The van der Waals surface area contributed by atoms with E-state index in [4.69, 9.17) is 0 Å². The summed E-state index contributed by atoms with van der Waals surface area (Å²) in [5.41, 5.74) is 0. The summed E-state index contributed by atoms with van der Waals surface area (Å²) in [7, 11) is 1.38. The van der Waals surface area contributed by atoms with E-state index in [9.17, 15) is 9.59 Å². The number of carbonyl (C=O) groups is 2. The molecule has 1 heterocycles. The zero-order chi connectivity index (χ0) is 13.0. The number of rotatable bonds is 4. The molecule has 0 spiro atoms. The molecule has 1 saturated heterocycles. The number of nitrogens with zero attached hydrogens (tertiary/aromatic N) is 2. The second-order valence-corrected chi connectivity index (χ2v) is 4.82. The van der Waals surface area contributed by atoms with Gasteiger partial charge in [-0.3, -0.25) is 4.79 Å². The summed E-state index contributed by atoms with van der Waals surface area (Å²) in [6, 6.07) is 0.647. The van der Waals surface area contributed by atoms with Crippen molar-refractivity contribution >= 4 is 12.0 Å². The van der Waals surface area contributed by atoms with Gasteiger partial charge in [-0.05, 0) is 12.8 Å². The highest BCUT2D eigenvalue weighted by Crippen LogP contribution is 2.18. The largest absolute Gasteiger partial charge is 0.453 e. The minimum Gasteiger partial charge on any atom is -0.453 e. The normalized spacial score (nSPS) is 19.8. The van der Waals surface area contributed by atoms with Crippen molar-refractivity contribution in [3.8, 4) is 0 Å². The molecular formula is C12H21N3O3. The van der Waals surface area contributed by atoms with E-state index in [0.717, 1.165) is 6.54 Å². The van der Waals surface area contributed by atoms with Gasteiger partial charge in [-0.15, -0.1) is 0 Å². The summed E-state index contributed by atoms with van der Waals surface area (Å²) in [6.45, 7) is 3.11. The van der Waals surface area contributed by atoms with Crippen molar-refractivity contribution in [2.75, 3.05) is 39.8 Å². The van der Waals surface area contributed by atoms with E-state index >= 15 is 0 Å². The SMILES string of the molecule is COC(=O)N1CCN(C(=O)CCNC2CC2)CC1. The average Bonchev–Trinajstić information content (AvgIpc) is 3.22. The Balaban J connectivity index is 1.64. The van der Waals surface area contributed by atoms with Gasteiger partial charge >= 0.3 is 6.09 Å². The molecule has 0 atom stereocenters. The van der Waals surface area contributed by atoms with Crippen molar-refractivity contribution in [1.29, 1.82) is 0 Å². The third kappa shape index (κ3) is 3.60. The molecule has 0 radical (unpaired) electrons. The van der Waals surface area contributed by atoms with Crippen LogP contribution in [0.1, 0.15) is 19.3 Å². The highest BCUT2D eigenvalue weighted by atomic mass is 16.5. The molecule has 2 rings (SSSR count). The van der Waals surface area contributed by atoms with E-state index in [1.807, 2.05) is 4.90 Å². The molecule has 0 unspecified atom stereocenters. The van der Waals surface area contributed by atoms with Crippen molar-refractivity contribution in [3.05, 3.63) is 0 Å². The molecule has 2 fully saturated rings. The summed E-state index contributed by atoms with van der Waals surface area (Å²) >= 11 is 0. The van der Waals surface area contributed by atoms with Crippen LogP contribution in [0.2, 0.25) is 0 Å². The molecule has 1 aliphatic heterocycles. The Morgan fingerprint density at radius 3 is 2.33 bits per heavy atom. The van der Waals surface area contributed by atoms with Crippen LogP contribution >= 0.6 is 0 Å². The second kappa shape index (κ2) is 6.04. The van der Waals surface area contributed by atoms with Gasteiger partial charge in [0.1, 0.15) is 0 Å². The molecule has 0 bridgehead atoms. The van der Waals surface area contributed by atoms with Crippen molar-refractivity contribution in [2.45, 2.75) is 25.3 Å². The first-order chi connectivity index (χ1) is 8.70. The maximum atomic E-state index is 11.9. The van der Waals surface area contributed by atoms with E-state index in [1.165, 1.54) is 20.0 Å². The molecule has 18 heavy (non-hydrogen) atoms. The second-order valence-electron chi connectivity index (χ2n) is 4.82. The predicted molar refractivity (Wildman–Crippen MR) is 66.2 cm³/mol. The van der Waals surface area contributed by atoms with Gasteiger partial charge in [0.15, 0.2) is 0 Å². The molecule has 6 heteroatoms. The first-order valence-corrected chi connectivity index (χ1v) is 6.55. The van der Waals surface area contributed by atoms with Crippen molar-refractivity contribution in [1.82, 2.24) is 15.1 Å². The van der Waals surface area contributed by atoms with Gasteiger partial charge in [0.05, 0.1) is 7.11 Å². The molecule has 1 saturated carbocycles. The fourth-order valence-corrected chi connectivity index (χ4v) is 2.10. The van der Waals surface area contributed by atoms with Gasteiger partial charge in [0, 0.05) is 45.2 Å². The van der Waals surface area contributed by atoms with Crippen molar-refractivity contribution in [3.63, 3.8) is 0 Å². The first-order valence-electron chi connectivity index (χ1n) is 6.55. The first kappa shape index (κ1) is 13.1. The Kier molecular flexibility index (Phi) is 4.41. The van der Waals surface area contributed by atoms with E-state index in [0.29, 0.717) is 38.6 Å². The molecule has 102 valence electrons. The Morgan fingerprint density at radius 2 is 1.78 bits per heavy atom. The Labute approximate surface area is 107 Å². The van der Waals surface area contributed by atoms with Crippen molar-refractivity contribution in [2.24, 2.45) is 0 Å². The quantitative estimate of drug-likeness (QED) is 0.770. The Hall–Kier alpha value is -1.30. The summed E-state index contributed by atoms with van der Waals surface area (Å²) in [5, 5.41) is 3.33. The van der Waals surface area contributed by atoms with E-state index < -0.39 is 0 Å². The highest BCUT2D eigenvalue weighted by molar-refractivity contribution is 5.77. The predicted octanol–water partition coefficient (Wildman–Crippen LogP) is 0.0391. The van der Waals surface area contributed by atoms with Crippen LogP contribution in [-0.4, -0.2) is 67.7 Å². The molecule has 0 aromatic rings. The number of ether oxygens (including phenoxy) is 1. The maximum Gasteiger partial charge on any atom is 0.409 e. The number of piperazine rings is 1. The molecular weight excluding hydrogens is 234 g/mol. The van der Waals surface area contributed by atoms with Gasteiger partial charge in [-0.1, -0.05) is 0 Å². The van der Waals surface area contributed by atoms with Gasteiger partial charge in [-0.2, -0.15) is 0 Å². The number of nitrogens with one attached hydrogen (secondary N) is 1.